The molecule has 13 heteroatoms. The van der Waals surface area contributed by atoms with Gasteiger partial charge in [0.15, 0.2) is 0 Å². The maximum atomic E-state index is 13.6. The van der Waals surface area contributed by atoms with Crippen molar-refractivity contribution in [2.75, 3.05) is 10.6 Å². The molecule has 12 nitrogen and oxygen atoms in total. The number of carbonyl (C=O) groups is 2. The van der Waals surface area contributed by atoms with Crippen molar-refractivity contribution in [3.8, 4) is 39.8 Å². The average molecular weight is 670 g/mol. The number of hydrogen-bond donors (Lipinski definition) is 2. The van der Waals surface area contributed by atoms with Gasteiger partial charge in [0.2, 0.25) is 17.5 Å². The van der Waals surface area contributed by atoms with Crippen LogP contribution in [0.1, 0.15) is 22.8 Å². The van der Waals surface area contributed by atoms with E-state index in [4.69, 9.17) is 9.15 Å². The predicted molar refractivity (Wildman–Crippen MR) is 185 cm³/mol. The zero-order valence-electron chi connectivity index (χ0n) is 27.0. The number of hydrogen-bond acceptors (Lipinski definition) is 8. The number of ether oxygens (including phenoxy) is 1. The largest absolute Gasteiger partial charge is 0.438 e. The number of amides is 2. The maximum Gasteiger partial charge on any atom is 0.267 e. The molecule has 0 unspecified atom stereocenters. The fourth-order valence-corrected chi connectivity index (χ4v) is 5.62. The minimum Gasteiger partial charge on any atom is -0.438 e. The summed E-state index contributed by atoms with van der Waals surface area (Å²) in [6, 6.07) is 20.9. The number of benzene rings is 3. The molecule has 4 aromatic heterocycles. The quantitative estimate of drug-likeness (QED) is 0.178. The first kappa shape index (κ1) is 31.7. The van der Waals surface area contributed by atoms with Crippen LogP contribution < -0.4 is 20.9 Å². The summed E-state index contributed by atoms with van der Waals surface area (Å²) in [7, 11) is 1.80. The van der Waals surface area contributed by atoms with Gasteiger partial charge in [0, 0.05) is 43.3 Å². The highest BCUT2D eigenvalue weighted by Crippen LogP contribution is 2.44. The third-order valence-corrected chi connectivity index (χ3v) is 7.83. The first-order chi connectivity index (χ1) is 24.1. The molecule has 2 N–H and O–H groups in total. The fourth-order valence-electron chi connectivity index (χ4n) is 5.62. The lowest BCUT2D eigenvalue weighted by atomic mass is 10.0. The van der Waals surface area contributed by atoms with Crippen molar-refractivity contribution in [1.82, 2.24) is 24.3 Å². The Labute approximate surface area is 283 Å². The van der Waals surface area contributed by atoms with E-state index in [0.717, 1.165) is 5.56 Å². The van der Waals surface area contributed by atoms with Crippen LogP contribution in [0.4, 0.5) is 15.8 Å². The molecule has 4 heterocycles. The number of pyridine rings is 1. The third kappa shape index (κ3) is 6.22. The molecule has 0 aliphatic carbocycles. The van der Waals surface area contributed by atoms with E-state index in [1.807, 2.05) is 24.4 Å². The van der Waals surface area contributed by atoms with Crippen molar-refractivity contribution < 1.29 is 23.1 Å². The Kier molecular flexibility index (Phi) is 8.21. The summed E-state index contributed by atoms with van der Waals surface area (Å²) >= 11 is 0. The zero-order valence-corrected chi connectivity index (χ0v) is 27.0. The summed E-state index contributed by atoms with van der Waals surface area (Å²) in [6.45, 7) is 3.12. The van der Waals surface area contributed by atoms with Gasteiger partial charge < -0.3 is 19.8 Å². The van der Waals surface area contributed by atoms with Gasteiger partial charge in [-0.3, -0.25) is 23.6 Å². The summed E-state index contributed by atoms with van der Waals surface area (Å²) in [6.07, 6.45) is 6.35. The highest BCUT2D eigenvalue weighted by atomic mass is 19.1. The Hall–Kier alpha value is -6.89. The summed E-state index contributed by atoms with van der Waals surface area (Å²) < 4.78 is 29.1. The molecular weight excluding hydrogens is 641 g/mol. The highest BCUT2D eigenvalue weighted by molar-refractivity contribution is 6.05. The van der Waals surface area contributed by atoms with Gasteiger partial charge in [0.25, 0.3) is 11.5 Å². The lowest BCUT2D eigenvalue weighted by Crippen LogP contribution is -2.28. The topological polar surface area (TPSA) is 146 Å². The number of nitrogens with zero attached hydrogens (tertiary/aromatic N) is 5. The molecule has 2 amide bonds. The molecule has 0 aliphatic heterocycles. The van der Waals surface area contributed by atoms with Crippen LogP contribution in [0.2, 0.25) is 0 Å². The smallest absolute Gasteiger partial charge is 0.267 e. The molecule has 0 spiro atoms. The van der Waals surface area contributed by atoms with Crippen molar-refractivity contribution in [3.05, 3.63) is 131 Å². The molecule has 0 saturated heterocycles. The lowest BCUT2D eigenvalue weighted by molar-refractivity contribution is -0.114. The van der Waals surface area contributed by atoms with Gasteiger partial charge in [0.05, 0.1) is 17.4 Å². The van der Waals surface area contributed by atoms with Gasteiger partial charge in [-0.2, -0.15) is 5.10 Å². The number of aryl methyl sites for hydroxylation is 2. The third-order valence-electron chi connectivity index (χ3n) is 7.83. The second-order valence-corrected chi connectivity index (χ2v) is 11.4. The molecule has 0 atom stereocenters. The Morgan fingerprint density at radius 3 is 2.48 bits per heavy atom. The molecule has 0 radical (unpaired) electrons. The molecule has 0 saturated carbocycles. The number of halogens is 1. The van der Waals surface area contributed by atoms with Crippen molar-refractivity contribution >= 4 is 34.3 Å². The molecule has 7 aromatic rings. The number of carbonyl (C=O) groups excluding carboxylic acids is 2. The number of aromatic nitrogens is 5. The Bertz CT molecular complexity index is 2480. The van der Waals surface area contributed by atoms with E-state index in [1.54, 1.807) is 61.2 Å². The molecule has 7 rings (SSSR count). The van der Waals surface area contributed by atoms with Crippen molar-refractivity contribution in [2.45, 2.75) is 13.8 Å². The van der Waals surface area contributed by atoms with Gasteiger partial charge in [-0.25, -0.2) is 14.4 Å². The van der Waals surface area contributed by atoms with Crippen LogP contribution in [-0.2, 0) is 11.8 Å². The number of nitrogens with one attached hydrogen (secondary N) is 2. The summed E-state index contributed by atoms with van der Waals surface area (Å²) in [5.41, 5.74) is 3.76. The first-order valence-electron chi connectivity index (χ1n) is 15.4. The second kappa shape index (κ2) is 13.0. The molecule has 248 valence electrons. The van der Waals surface area contributed by atoms with Gasteiger partial charge in [-0.1, -0.05) is 12.1 Å². The van der Waals surface area contributed by atoms with E-state index in [-0.39, 0.29) is 23.1 Å². The van der Waals surface area contributed by atoms with Crippen LogP contribution in [0.25, 0.3) is 39.2 Å². The summed E-state index contributed by atoms with van der Waals surface area (Å²) in [5, 5.41) is 10.4. The van der Waals surface area contributed by atoms with E-state index >= 15 is 0 Å². The minimum atomic E-state index is -0.609. The van der Waals surface area contributed by atoms with Gasteiger partial charge in [-0.15, -0.1) is 0 Å². The number of anilines is 2. The standard InChI is InChI=1S/C37H28FN7O5/c1-21-16-25(38)9-14-30(21)45-15-5-8-29(37(45)48)34(47)43-26-10-12-28(13-11-26)49-35-32-31(23-6-4-7-27(17-23)42-22(2)46)33(24-18-41-44(3)19-24)50-36(32)40-20-39-35/h4-20H,1-3H3,(H,42,46)(H,43,47). The zero-order chi connectivity index (χ0) is 34.9. The van der Waals surface area contributed by atoms with Crippen LogP contribution in [0.15, 0.2) is 113 Å². The Morgan fingerprint density at radius 2 is 1.74 bits per heavy atom. The van der Waals surface area contributed by atoms with Crippen LogP contribution in [-0.4, -0.2) is 36.1 Å². The van der Waals surface area contributed by atoms with Gasteiger partial charge in [0.1, 0.15) is 34.6 Å². The van der Waals surface area contributed by atoms with Crippen LogP contribution in [0.3, 0.4) is 0 Å². The number of fused-ring (bicyclic) bond motifs is 1. The average Bonchev–Trinajstić information content (AvgIpc) is 3.70. The number of furan rings is 1. The monoisotopic (exact) mass is 669 g/mol. The SMILES string of the molecule is CC(=O)Nc1cccc(-c2c(-c3cnn(C)c3)oc3ncnc(Oc4ccc(NC(=O)c5cccn(-c6ccc(F)cc6C)c5=O)cc4)c23)c1. The van der Waals surface area contributed by atoms with Crippen molar-refractivity contribution in [2.24, 2.45) is 7.05 Å². The first-order valence-corrected chi connectivity index (χ1v) is 15.4. The van der Waals surface area contributed by atoms with E-state index in [1.165, 1.54) is 48.3 Å². The van der Waals surface area contributed by atoms with Gasteiger partial charge in [-0.05, 0) is 84.8 Å². The minimum absolute atomic E-state index is 0.0839. The molecule has 0 bridgehead atoms. The highest BCUT2D eigenvalue weighted by Gasteiger charge is 2.24. The normalized spacial score (nSPS) is 11.0. The van der Waals surface area contributed by atoms with Gasteiger partial charge >= 0.3 is 0 Å². The van der Waals surface area contributed by atoms with Crippen LogP contribution >= 0.6 is 0 Å². The Morgan fingerprint density at radius 1 is 0.920 bits per heavy atom. The van der Waals surface area contributed by atoms with Crippen LogP contribution in [0.5, 0.6) is 11.6 Å². The fraction of sp³-hybridized carbons (Fsp3) is 0.0811. The Balaban J connectivity index is 1.19. The predicted octanol–water partition coefficient (Wildman–Crippen LogP) is 6.89. The van der Waals surface area contributed by atoms with E-state index in [9.17, 15) is 18.8 Å². The second-order valence-electron chi connectivity index (χ2n) is 11.4. The van der Waals surface area contributed by atoms with E-state index < -0.39 is 17.3 Å². The summed E-state index contributed by atoms with van der Waals surface area (Å²) in [5.74, 6) is -0.128. The molecular formula is C37H28FN7O5. The van der Waals surface area contributed by atoms with E-state index in [2.05, 4.69) is 25.7 Å². The van der Waals surface area contributed by atoms with Crippen molar-refractivity contribution in [1.29, 1.82) is 0 Å². The number of rotatable bonds is 8. The molecule has 0 aliphatic rings. The van der Waals surface area contributed by atoms with E-state index in [0.29, 0.717) is 50.6 Å². The maximum absolute atomic E-state index is 13.6. The lowest BCUT2D eigenvalue weighted by Gasteiger charge is -2.12. The van der Waals surface area contributed by atoms with Crippen molar-refractivity contribution in [3.63, 3.8) is 0 Å². The molecule has 0 fully saturated rings. The molecule has 3 aromatic carbocycles. The van der Waals surface area contributed by atoms with Crippen LogP contribution in [0, 0.1) is 12.7 Å². The summed E-state index contributed by atoms with van der Waals surface area (Å²) in [4.78, 5) is 47.0. The molecule has 50 heavy (non-hydrogen) atoms.